The van der Waals surface area contributed by atoms with Gasteiger partial charge < -0.3 is 9.30 Å². The zero-order chi connectivity index (χ0) is 11.0. The Balaban J connectivity index is 2.83. The van der Waals surface area contributed by atoms with E-state index in [0.29, 0.717) is 5.75 Å². The predicted octanol–water partition coefficient (Wildman–Crippen LogP) is 1.81. The standard InChI is InChI=1S/C12H13NO2/c1-8-10-7-12(15-3)11(14)6-9(10)4-5-13(8)2/h4-7H,1-3H3. The van der Waals surface area contributed by atoms with Crippen molar-refractivity contribution in [2.45, 2.75) is 6.92 Å². The van der Waals surface area contributed by atoms with Gasteiger partial charge in [-0.2, -0.15) is 0 Å². The van der Waals surface area contributed by atoms with Gasteiger partial charge in [-0.05, 0) is 30.7 Å². The molecule has 0 bridgehead atoms. The molecule has 0 unspecified atom stereocenters. The van der Waals surface area contributed by atoms with Crippen molar-refractivity contribution in [1.82, 2.24) is 4.57 Å². The summed E-state index contributed by atoms with van der Waals surface area (Å²) in [6.07, 6.45) is 1.95. The molecule has 0 saturated carbocycles. The fourth-order valence-electron chi connectivity index (χ4n) is 1.68. The smallest absolute Gasteiger partial charge is 0.220 e. The second-order valence-corrected chi connectivity index (χ2v) is 3.60. The number of methoxy groups -OCH3 is 1. The summed E-state index contributed by atoms with van der Waals surface area (Å²) in [6, 6.07) is 5.34. The van der Waals surface area contributed by atoms with E-state index in [2.05, 4.69) is 0 Å². The Hall–Kier alpha value is -1.77. The predicted molar refractivity (Wildman–Crippen MR) is 59.6 cm³/mol. The molecule has 1 aliphatic carbocycles. The number of pyridine rings is 1. The van der Waals surface area contributed by atoms with Crippen molar-refractivity contribution < 1.29 is 4.74 Å². The molecule has 0 amide bonds. The molecule has 78 valence electrons. The first kappa shape index (κ1) is 9.77. The molecule has 0 aromatic rings. The number of ether oxygens (including phenoxy) is 1. The van der Waals surface area contributed by atoms with Gasteiger partial charge in [-0.25, -0.2) is 0 Å². The van der Waals surface area contributed by atoms with Crippen LogP contribution in [0.2, 0.25) is 0 Å². The third kappa shape index (κ3) is 1.50. The Kier molecular flexibility index (Phi) is 2.23. The Bertz CT molecular complexity index is 528. The molecule has 15 heavy (non-hydrogen) atoms. The first-order valence-electron chi connectivity index (χ1n) is 4.77. The minimum absolute atomic E-state index is 0.0711. The van der Waals surface area contributed by atoms with Crippen LogP contribution in [0.25, 0.3) is 11.1 Å². The van der Waals surface area contributed by atoms with Crippen molar-refractivity contribution in [2.75, 3.05) is 7.11 Å². The van der Waals surface area contributed by atoms with Crippen molar-refractivity contribution in [3.63, 3.8) is 0 Å². The Labute approximate surface area is 88.3 Å². The van der Waals surface area contributed by atoms with E-state index in [1.165, 1.54) is 7.11 Å². The molecule has 0 saturated heterocycles. The number of rotatable bonds is 1. The summed E-state index contributed by atoms with van der Waals surface area (Å²) in [4.78, 5) is 11.5. The Morgan fingerprint density at radius 1 is 1.33 bits per heavy atom. The summed E-state index contributed by atoms with van der Waals surface area (Å²) in [5.74, 6) is 0.400. The van der Waals surface area contributed by atoms with Crippen LogP contribution >= 0.6 is 0 Å². The molecule has 3 nitrogen and oxygen atoms in total. The lowest BCUT2D eigenvalue weighted by Crippen LogP contribution is -2.08. The SMILES string of the molecule is COc1cc2c(C)n(C)ccc-2cc1=O. The van der Waals surface area contributed by atoms with E-state index in [-0.39, 0.29) is 5.43 Å². The molecule has 0 aromatic heterocycles. The van der Waals surface area contributed by atoms with Gasteiger partial charge in [-0.3, -0.25) is 4.79 Å². The lowest BCUT2D eigenvalue weighted by molar-refractivity contribution is 0.411. The van der Waals surface area contributed by atoms with Crippen LogP contribution < -0.4 is 10.2 Å². The highest BCUT2D eigenvalue weighted by Crippen LogP contribution is 2.26. The zero-order valence-corrected chi connectivity index (χ0v) is 9.07. The molecule has 0 atom stereocenters. The minimum Gasteiger partial charge on any atom is -0.493 e. The van der Waals surface area contributed by atoms with Crippen LogP contribution in [-0.4, -0.2) is 11.7 Å². The topological polar surface area (TPSA) is 31.2 Å². The molecule has 2 rings (SSSR count). The van der Waals surface area contributed by atoms with Crippen LogP contribution in [0, 0.1) is 6.92 Å². The average Bonchev–Trinajstić information content (AvgIpc) is 2.23. The highest BCUT2D eigenvalue weighted by Gasteiger charge is 2.10. The summed E-state index contributed by atoms with van der Waals surface area (Å²) in [6.45, 7) is 2.02. The number of hydrogen-bond donors (Lipinski definition) is 0. The van der Waals surface area contributed by atoms with Crippen LogP contribution in [0.4, 0.5) is 0 Å². The summed E-state index contributed by atoms with van der Waals surface area (Å²) in [5.41, 5.74) is 3.05. The monoisotopic (exact) mass is 203 g/mol. The number of fused-ring (bicyclic) bond motifs is 1. The first-order valence-corrected chi connectivity index (χ1v) is 4.77. The number of hydrogen-bond acceptors (Lipinski definition) is 2. The lowest BCUT2D eigenvalue weighted by atomic mass is 10.0. The second kappa shape index (κ2) is 3.42. The highest BCUT2D eigenvalue weighted by atomic mass is 16.5. The zero-order valence-electron chi connectivity index (χ0n) is 9.07. The largest absolute Gasteiger partial charge is 0.493 e. The van der Waals surface area contributed by atoms with Crippen LogP contribution in [0.5, 0.6) is 5.75 Å². The van der Waals surface area contributed by atoms with Crippen LogP contribution in [0.1, 0.15) is 5.69 Å². The van der Waals surface area contributed by atoms with E-state index in [4.69, 9.17) is 4.74 Å². The van der Waals surface area contributed by atoms with Gasteiger partial charge >= 0.3 is 0 Å². The van der Waals surface area contributed by atoms with Gasteiger partial charge in [0.1, 0.15) is 0 Å². The molecule has 0 aromatic carbocycles. The lowest BCUT2D eigenvalue weighted by Gasteiger charge is -2.13. The summed E-state index contributed by atoms with van der Waals surface area (Å²) in [7, 11) is 3.49. The van der Waals surface area contributed by atoms with E-state index in [1.807, 2.05) is 30.8 Å². The minimum atomic E-state index is -0.0711. The molecule has 0 fully saturated rings. The average molecular weight is 203 g/mol. The van der Waals surface area contributed by atoms with Gasteiger partial charge in [0.15, 0.2) is 5.75 Å². The maximum absolute atomic E-state index is 11.5. The number of aryl methyl sites for hydroxylation is 1. The molecule has 3 heteroatoms. The quantitative estimate of drug-likeness (QED) is 0.707. The van der Waals surface area contributed by atoms with Crippen molar-refractivity contribution >= 4 is 0 Å². The summed E-state index contributed by atoms with van der Waals surface area (Å²) < 4.78 is 7.05. The van der Waals surface area contributed by atoms with Gasteiger partial charge in [-0.15, -0.1) is 0 Å². The Morgan fingerprint density at radius 3 is 2.73 bits per heavy atom. The Morgan fingerprint density at radius 2 is 2.07 bits per heavy atom. The van der Waals surface area contributed by atoms with E-state index in [1.54, 1.807) is 12.1 Å². The molecular formula is C12H13NO2. The summed E-state index contributed by atoms with van der Waals surface area (Å²) in [5, 5.41) is 0. The first-order chi connectivity index (χ1) is 7.13. The second-order valence-electron chi connectivity index (χ2n) is 3.60. The van der Waals surface area contributed by atoms with Crippen LogP contribution in [0.15, 0.2) is 29.2 Å². The van der Waals surface area contributed by atoms with E-state index in [9.17, 15) is 4.79 Å². The van der Waals surface area contributed by atoms with Gasteiger partial charge in [-0.1, -0.05) is 0 Å². The van der Waals surface area contributed by atoms with E-state index in [0.717, 1.165) is 16.8 Å². The van der Waals surface area contributed by atoms with Crippen molar-refractivity contribution in [3.05, 3.63) is 40.3 Å². The fraction of sp³-hybridized carbons (Fsp3) is 0.250. The maximum Gasteiger partial charge on any atom is 0.220 e. The van der Waals surface area contributed by atoms with Crippen molar-refractivity contribution in [1.29, 1.82) is 0 Å². The molecule has 1 heterocycles. The maximum atomic E-state index is 11.5. The molecule has 0 radical (unpaired) electrons. The molecule has 2 aliphatic rings. The van der Waals surface area contributed by atoms with Crippen molar-refractivity contribution in [3.8, 4) is 16.9 Å². The van der Waals surface area contributed by atoms with E-state index >= 15 is 0 Å². The number of aromatic nitrogens is 1. The normalized spacial score (nSPS) is 10.6. The molecule has 0 spiro atoms. The van der Waals surface area contributed by atoms with Gasteiger partial charge in [0.2, 0.25) is 5.43 Å². The van der Waals surface area contributed by atoms with Crippen LogP contribution in [0.3, 0.4) is 0 Å². The third-order valence-electron chi connectivity index (χ3n) is 2.73. The van der Waals surface area contributed by atoms with Gasteiger partial charge in [0.05, 0.1) is 7.11 Å². The summed E-state index contributed by atoms with van der Waals surface area (Å²) >= 11 is 0. The van der Waals surface area contributed by atoms with E-state index < -0.39 is 0 Å². The van der Waals surface area contributed by atoms with Crippen LogP contribution in [-0.2, 0) is 7.05 Å². The third-order valence-corrected chi connectivity index (χ3v) is 2.73. The molecule has 0 N–H and O–H groups in total. The van der Waals surface area contributed by atoms with Crippen molar-refractivity contribution in [2.24, 2.45) is 7.05 Å². The number of nitrogens with zero attached hydrogens (tertiary/aromatic N) is 1. The molecule has 1 aliphatic heterocycles. The van der Waals surface area contributed by atoms with Gasteiger partial charge in [0.25, 0.3) is 0 Å². The fourth-order valence-corrected chi connectivity index (χ4v) is 1.68. The highest BCUT2D eigenvalue weighted by molar-refractivity contribution is 5.69. The van der Waals surface area contributed by atoms with Gasteiger partial charge in [0, 0.05) is 24.5 Å². The number of benzene rings is 1. The molecular weight excluding hydrogens is 190 g/mol.